The molecular weight excluding hydrogens is 260 g/mol. The van der Waals surface area contributed by atoms with Crippen LogP contribution in [0.1, 0.15) is 11.4 Å². The van der Waals surface area contributed by atoms with Crippen LogP contribution in [-0.2, 0) is 0 Å². The van der Waals surface area contributed by atoms with Crippen LogP contribution in [-0.4, -0.2) is 14.6 Å². The highest BCUT2D eigenvalue weighted by Crippen LogP contribution is 2.30. The zero-order valence-electron chi connectivity index (χ0n) is 10.7. The first-order chi connectivity index (χ1) is 9.06. The number of rotatable bonds is 1. The lowest BCUT2D eigenvalue weighted by atomic mass is 10.1. The van der Waals surface area contributed by atoms with Crippen LogP contribution >= 0.6 is 11.6 Å². The highest BCUT2D eigenvalue weighted by molar-refractivity contribution is 6.30. The summed E-state index contributed by atoms with van der Waals surface area (Å²) in [6.07, 6.45) is 0. The maximum absolute atomic E-state index is 6.23. The van der Waals surface area contributed by atoms with Crippen LogP contribution in [0.15, 0.2) is 30.3 Å². The Morgan fingerprint density at radius 2 is 2.00 bits per heavy atom. The summed E-state index contributed by atoms with van der Waals surface area (Å²) in [5, 5.41) is 5.03. The normalized spacial score (nSPS) is 11.1. The van der Waals surface area contributed by atoms with Crippen molar-refractivity contribution >= 4 is 23.1 Å². The van der Waals surface area contributed by atoms with Crippen LogP contribution in [0.3, 0.4) is 0 Å². The Morgan fingerprint density at radius 3 is 2.74 bits per heavy atom. The smallest absolute Gasteiger partial charge is 0.157 e. The fraction of sp³-hybridized carbons (Fsp3) is 0.143. The summed E-state index contributed by atoms with van der Waals surface area (Å²) in [7, 11) is 0. The maximum Gasteiger partial charge on any atom is 0.157 e. The molecule has 1 aromatic carbocycles. The summed E-state index contributed by atoms with van der Waals surface area (Å²) in [6.45, 7) is 3.86. The predicted molar refractivity (Wildman–Crippen MR) is 77.3 cm³/mol. The molecule has 0 unspecified atom stereocenters. The van der Waals surface area contributed by atoms with Crippen molar-refractivity contribution in [1.29, 1.82) is 0 Å². The molecule has 0 saturated heterocycles. The second kappa shape index (κ2) is 4.24. The van der Waals surface area contributed by atoms with Crippen LogP contribution in [0.2, 0.25) is 5.02 Å². The summed E-state index contributed by atoms with van der Waals surface area (Å²) in [5.41, 5.74) is 10.6. The molecule has 0 radical (unpaired) electrons. The maximum atomic E-state index is 6.23. The minimum atomic E-state index is 0.581. The van der Waals surface area contributed by atoms with E-state index in [0.29, 0.717) is 10.8 Å². The SMILES string of the molecule is Cc1cc2nc(C)c(-c3cccc(Cl)c3)c(N)n2n1. The second-order valence-corrected chi connectivity index (χ2v) is 4.96. The molecule has 0 atom stereocenters. The number of nitrogen functional groups attached to an aromatic ring is 1. The number of benzene rings is 1. The number of nitrogens with zero attached hydrogens (tertiary/aromatic N) is 3. The van der Waals surface area contributed by atoms with Gasteiger partial charge in [0.15, 0.2) is 5.65 Å². The van der Waals surface area contributed by atoms with Gasteiger partial charge in [-0.1, -0.05) is 23.7 Å². The first-order valence-electron chi connectivity index (χ1n) is 5.94. The molecule has 0 spiro atoms. The summed E-state index contributed by atoms with van der Waals surface area (Å²) in [5.74, 6) is 0.581. The Hall–Kier alpha value is -2.07. The molecule has 0 aliphatic carbocycles. The molecule has 0 fully saturated rings. The van der Waals surface area contributed by atoms with Crippen LogP contribution < -0.4 is 5.73 Å². The van der Waals surface area contributed by atoms with Gasteiger partial charge in [0.1, 0.15) is 5.82 Å². The molecule has 0 aliphatic rings. The van der Waals surface area contributed by atoms with Gasteiger partial charge in [-0.3, -0.25) is 0 Å². The predicted octanol–water partition coefficient (Wildman–Crippen LogP) is 3.25. The van der Waals surface area contributed by atoms with E-state index in [4.69, 9.17) is 17.3 Å². The highest BCUT2D eigenvalue weighted by atomic mass is 35.5. The van der Waals surface area contributed by atoms with E-state index in [9.17, 15) is 0 Å². The van der Waals surface area contributed by atoms with Crippen LogP contribution in [0.25, 0.3) is 16.8 Å². The quantitative estimate of drug-likeness (QED) is 0.740. The minimum Gasteiger partial charge on any atom is -0.383 e. The van der Waals surface area contributed by atoms with E-state index < -0.39 is 0 Å². The lowest BCUT2D eigenvalue weighted by Crippen LogP contribution is -2.05. The van der Waals surface area contributed by atoms with E-state index in [0.717, 1.165) is 28.2 Å². The molecule has 0 bridgehead atoms. The lowest BCUT2D eigenvalue weighted by molar-refractivity contribution is 0.923. The Kier molecular flexibility index (Phi) is 2.68. The third kappa shape index (κ3) is 1.94. The Morgan fingerprint density at radius 1 is 1.21 bits per heavy atom. The first kappa shape index (κ1) is 12.0. The number of halogens is 1. The van der Waals surface area contributed by atoms with E-state index in [-0.39, 0.29) is 0 Å². The number of aryl methyl sites for hydroxylation is 2. The second-order valence-electron chi connectivity index (χ2n) is 4.52. The molecule has 19 heavy (non-hydrogen) atoms. The zero-order valence-corrected chi connectivity index (χ0v) is 11.4. The van der Waals surface area contributed by atoms with E-state index in [1.807, 2.05) is 44.2 Å². The van der Waals surface area contributed by atoms with Gasteiger partial charge in [-0.25, -0.2) is 4.98 Å². The fourth-order valence-corrected chi connectivity index (χ4v) is 2.45. The molecule has 0 aliphatic heterocycles. The molecule has 0 saturated carbocycles. The van der Waals surface area contributed by atoms with Crippen molar-refractivity contribution in [1.82, 2.24) is 14.6 Å². The molecule has 2 N–H and O–H groups in total. The summed E-state index contributed by atoms with van der Waals surface area (Å²) in [4.78, 5) is 4.54. The number of fused-ring (bicyclic) bond motifs is 1. The monoisotopic (exact) mass is 272 g/mol. The van der Waals surface area contributed by atoms with E-state index >= 15 is 0 Å². The molecule has 3 aromatic rings. The molecule has 3 rings (SSSR count). The molecule has 4 nitrogen and oxygen atoms in total. The Balaban J connectivity index is 2.34. The molecule has 2 heterocycles. The third-order valence-corrected chi connectivity index (χ3v) is 3.29. The lowest BCUT2D eigenvalue weighted by Gasteiger charge is -2.11. The van der Waals surface area contributed by atoms with Gasteiger partial charge in [-0.2, -0.15) is 9.61 Å². The molecular formula is C14H13ClN4. The van der Waals surface area contributed by atoms with Crippen molar-refractivity contribution in [3.63, 3.8) is 0 Å². The van der Waals surface area contributed by atoms with Gasteiger partial charge >= 0.3 is 0 Å². The summed E-state index contributed by atoms with van der Waals surface area (Å²) >= 11 is 6.04. The number of hydrogen-bond acceptors (Lipinski definition) is 3. The van der Waals surface area contributed by atoms with Gasteiger partial charge in [-0.05, 0) is 31.5 Å². The van der Waals surface area contributed by atoms with Gasteiger partial charge in [0, 0.05) is 16.7 Å². The van der Waals surface area contributed by atoms with Gasteiger partial charge in [0.2, 0.25) is 0 Å². The van der Waals surface area contributed by atoms with Crippen molar-refractivity contribution in [2.75, 3.05) is 5.73 Å². The number of hydrogen-bond donors (Lipinski definition) is 1. The van der Waals surface area contributed by atoms with Crippen LogP contribution in [0, 0.1) is 13.8 Å². The Labute approximate surface area is 115 Å². The Bertz CT molecular complexity index is 776. The van der Waals surface area contributed by atoms with Crippen LogP contribution in [0.5, 0.6) is 0 Å². The average Bonchev–Trinajstić information content (AvgIpc) is 2.70. The topological polar surface area (TPSA) is 56.2 Å². The van der Waals surface area contributed by atoms with Crippen molar-refractivity contribution in [3.8, 4) is 11.1 Å². The first-order valence-corrected chi connectivity index (χ1v) is 6.32. The van der Waals surface area contributed by atoms with Gasteiger partial charge in [0.25, 0.3) is 0 Å². The average molecular weight is 273 g/mol. The minimum absolute atomic E-state index is 0.581. The van der Waals surface area contributed by atoms with Crippen molar-refractivity contribution in [3.05, 3.63) is 46.7 Å². The van der Waals surface area contributed by atoms with Gasteiger partial charge in [0.05, 0.1) is 11.4 Å². The zero-order chi connectivity index (χ0) is 13.6. The molecule has 0 amide bonds. The number of aromatic nitrogens is 3. The fourth-order valence-electron chi connectivity index (χ4n) is 2.26. The van der Waals surface area contributed by atoms with Crippen molar-refractivity contribution in [2.45, 2.75) is 13.8 Å². The van der Waals surface area contributed by atoms with E-state index in [1.54, 1.807) is 4.52 Å². The standard InChI is InChI=1S/C14H13ClN4/c1-8-6-12-17-9(2)13(14(16)19(12)18-8)10-4-3-5-11(15)7-10/h3-7H,16H2,1-2H3. The third-order valence-electron chi connectivity index (χ3n) is 3.05. The summed E-state index contributed by atoms with van der Waals surface area (Å²) < 4.78 is 1.67. The van der Waals surface area contributed by atoms with Gasteiger partial charge in [-0.15, -0.1) is 0 Å². The highest BCUT2D eigenvalue weighted by Gasteiger charge is 2.13. The summed E-state index contributed by atoms with van der Waals surface area (Å²) in [6, 6.07) is 9.49. The van der Waals surface area contributed by atoms with Crippen LogP contribution in [0.4, 0.5) is 5.82 Å². The largest absolute Gasteiger partial charge is 0.383 e. The van der Waals surface area contributed by atoms with E-state index in [1.165, 1.54) is 0 Å². The number of nitrogens with two attached hydrogens (primary N) is 1. The molecule has 5 heteroatoms. The number of anilines is 1. The van der Waals surface area contributed by atoms with Crippen molar-refractivity contribution in [2.24, 2.45) is 0 Å². The molecule has 96 valence electrons. The van der Waals surface area contributed by atoms with Crippen molar-refractivity contribution < 1.29 is 0 Å². The molecule has 2 aromatic heterocycles. The van der Waals surface area contributed by atoms with E-state index in [2.05, 4.69) is 10.1 Å². The van der Waals surface area contributed by atoms with Gasteiger partial charge < -0.3 is 5.73 Å².